The molecule has 2 N–H and O–H groups in total. The van der Waals surface area contributed by atoms with Gasteiger partial charge in [-0.05, 0) is 39.2 Å². The van der Waals surface area contributed by atoms with E-state index in [1.165, 1.54) is 0 Å². The Hall–Kier alpha value is -0.0800. The zero-order valence-electron chi connectivity index (χ0n) is 8.73. The van der Waals surface area contributed by atoms with Crippen LogP contribution in [0.15, 0.2) is 0 Å². The lowest BCUT2D eigenvalue weighted by molar-refractivity contribution is -0.0382. The van der Waals surface area contributed by atoms with Crippen molar-refractivity contribution in [1.82, 2.24) is 0 Å². The Morgan fingerprint density at radius 1 is 1.17 bits per heavy atom. The van der Waals surface area contributed by atoms with Crippen LogP contribution in [0.4, 0.5) is 0 Å². The van der Waals surface area contributed by atoms with Crippen molar-refractivity contribution >= 4 is 0 Å². The molecule has 2 heteroatoms. The van der Waals surface area contributed by atoms with Crippen LogP contribution in [0.5, 0.6) is 0 Å². The summed E-state index contributed by atoms with van der Waals surface area (Å²) in [6.07, 6.45) is 4.34. The van der Waals surface area contributed by atoms with E-state index in [0.29, 0.717) is 0 Å². The average molecular weight is 173 g/mol. The third-order valence-electron chi connectivity index (χ3n) is 2.54. The second-order valence-corrected chi connectivity index (χ2v) is 3.50. The lowest BCUT2D eigenvalue weighted by Crippen LogP contribution is -2.27. The maximum absolute atomic E-state index is 5.77. The Kier molecular flexibility index (Phi) is 6.39. The highest BCUT2D eigenvalue weighted by Gasteiger charge is 2.18. The minimum atomic E-state index is 0.0919. The molecule has 74 valence electrons. The molecule has 0 spiro atoms. The predicted octanol–water partition coefficient (Wildman–Crippen LogP) is 2.32. The van der Waals surface area contributed by atoms with Crippen LogP contribution in [0.2, 0.25) is 0 Å². The molecule has 0 rings (SSSR count). The minimum Gasteiger partial charge on any atom is -0.375 e. The second kappa shape index (κ2) is 6.44. The van der Waals surface area contributed by atoms with E-state index in [9.17, 15) is 0 Å². The van der Waals surface area contributed by atoms with E-state index in [1.54, 1.807) is 0 Å². The van der Waals surface area contributed by atoms with E-state index in [1.807, 2.05) is 0 Å². The van der Waals surface area contributed by atoms with Gasteiger partial charge in [0.15, 0.2) is 0 Å². The van der Waals surface area contributed by atoms with Gasteiger partial charge in [0.25, 0.3) is 0 Å². The molecule has 0 saturated carbocycles. The van der Waals surface area contributed by atoms with Crippen LogP contribution in [0, 0.1) is 0 Å². The summed E-state index contributed by atoms with van der Waals surface area (Å²) >= 11 is 0. The molecule has 0 aliphatic carbocycles. The first-order valence-corrected chi connectivity index (χ1v) is 5.02. The summed E-state index contributed by atoms with van der Waals surface area (Å²) in [6, 6.07) is 0. The largest absolute Gasteiger partial charge is 0.375 e. The van der Waals surface area contributed by atoms with Gasteiger partial charge in [0.05, 0.1) is 5.60 Å². The maximum atomic E-state index is 5.77. The summed E-state index contributed by atoms with van der Waals surface area (Å²) in [4.78, 5) is 0. The van der Waals surface area contributed by atoms with Gasteiger partial charge in [-0.15, -0.1) is 0 Å². The fraction of sp³-hybridized carbons (Fsp3) is 1.00. The molecule has 0 radical (unpaired) electrons. The van der Waals surface area contributed by atoms with Gasteiger partial charge < -0.3 is 10.5 Å². The van der Waals surface area contributed by atoms with Crippen molar-refractivity contribution in [1.29, 1.82) is 0 Å². The summed E-state index contributed by atoms with van der Waals surface area (Å²) in [6.45, 7) is 8.15. The molecule has 0 unspecified atom stereocenters. The van der Waals surface area contributed by atoms with Crippen LogP contribution in [0.3, 0.4) is 0 Å². The highest BCUT2D eigenvalue weighted by molar-refractivity contribution is 4.70. The van der Waals surface area contributed by atoms with Crippen molar-refractivity contribution in [2.75, 3.05) is 13.2 Å². The van der Waals surface area contributed by atoms with Crippen molar-refractivity contribution in [3.63, 3.8) is 0 Å². The van der Waals surface area contributed by atoms with Gasteiger partial charge in [-0.3, -0.25) is 0 Å². The Balaban J connectivity index is 3.45. The molecule has 0 fully saturated rings. The second-order valence-electron chi connectivity index (χ2n) is 3.50. The standard InChI is InChI=1S/C10H23NO/c1-4-10(3,5-2)12-9-7-6-8-11/h4-9,11H2,1-3H3. The van der Waals surface area contributed by atoms with Gasteiger partial charge in [-0.25, -0.2) is 0 Å². The van der Waals surface area contributed by atoms with Crippen LogP contribution >= 0.6 is 0 Å². The molecule has 0 bridgehead atoms. The summed E-state index contributed by atoms with van der Waals surface area (Å²) in [5, 5.41) is 0. The summed E-state index contributed by atoms with van der Waals surface area (Å²) in [5.41, 5.74) is 5.48. The molecular formula is C10H23NO. The Bertz CT molecular complexity index is 100. The number of rotatable bonds is 7. The zero-order chi connectivity index (χ0) is 9.45. The van der Waals surface area contributed by atoms with Crippen LogP contribution in [0.1, 0.15) is 46.5 Å². The van der Waals surface area contributed by atoms with E-state index >= 15 is 0 Å². The third kappa shape index (κ3) is 4.73. The van der Waals surface area contributed by atoms with Gasteiger partial charge in [0, 0.05) is 6.61 Å². The van der Waals surface area contributed by atoms with E-state index < -0.39 is 0 Å². The number of hydrogen-bond donors (Lipinski definition) is 1. The fourth-order valence-electron chi connectivity index (χ4n) is 1.02. The number of unbranched alkanes of at least 4 members (excludes halogenated alkanes) is 1. The minimum absolute atomic E-state index is 0.0919. The van der Waals surface area contributed by atoms with Crippen LogP contribution in [-0.2, 0) is 4.74 Å². The maximum Gasteiger partial charge on any atom is 0.0649 e. The quantitative estimate of drug-likeness (QED) is 0.600. The Morgan fingerprint density at radius 2 is 1.75 bits per heavy atom. The van der Waals surface area contributed by atoms with Gasteiger partial charge >= 0.3 is 0 Å². The fourth-order valence-corrected chi connectivity index (χ4v) is 1.02. The highest BCUT2D eigenvalue weighted by atomic mass is 16.5. The molecule has 0 atom stereocenters. The molecule has 0 saturated heterocycles. The topological polar surface area (TPSA) is 35.2 Å². The first-order chi connectivity index (χ1) is 5.68. The van der Waals surface area contributed by atoms with Crippen molar-refractivity contribution in [3.8, 4) is 0 Å². The van der Waals surface area contributed by atoms with E-state index in [0.717, 1.165) is 38.8 Å². The highest BCUT2D eigenvalue weighted by Crippen LogP contribution is 2.19. The SMILES string of the molecule is CCC(C)(CC)OCCCCN. The van der Waals surface area contributed by atoms with Crippen molar-refractivity contribution in [2.24, 2.45) is 5.73 Å². The molecular weight excluding hydrogens is 150 g/mol. The predicted molar refractivity (Wildman–Crippen MR) is 53.2 cm³/mol. The first kappa shape index (κ1) is 11.9. The number of ether oxygens (including phenoxy) is 1. The van der Waals surface area contributed by atoms with E-state index in [4.69, 9.17) is 10.5 Å². The monoisotopic (exact) mass is 173 g/mol. The number of nitrogens with two attached hydrogens (primary N) is 1. The molecule has 0 aromatic rings. The normalized spacial score (nSPS) is 12.0. The smallest absolute Gasteiger partial charge is 0.0649 e. The summed E-state index contributed by atoms with van der Waals surface area (Å²) < 4.78 is 5.77. The van der Waals surface area contributed by atoms with Crippen LogP contribution in [0.25, 0.3) is 0 Å². The van der Waals surface area contributed by atoms with Crippen molar-refractivity contribution < 1.29 is 4.74 Å². The van der Waals surface area contributed by atoms with Gasteiger partial charge in [-0.1, -0.05) is 13.8 Å². The van der Waals surface area contributed by atoms with Crippen LogP contribution < -0.4 is 5.73 Å². The molecule has 0 aromatic carbocycles. The van der Waals surface area contributed by atoms with E-state index in [2.05, 4.69) is 20.8 Å². The number of hydrogen-bond acceptors (Lipinski definition) is 2. The molecule has 2 nitrogen and oxygen atoms in total. The molecule has 0 aliphatic rings. The van der Waals surface area contributed by atoms with Gasteiger partial charge in [-0.2, -0.15) is 0 Å². The summed E-state index contributed by atoms with van der Waals surface area (Å²) in [5.74, 6) is 0. The third-order valence-corrected chi connectivity index (χ3v) is 2.54. The van der Waals surface area contributed by atoms with Crippen LogP contribution in [-0.4, -0.2) is 18.8 Å². The molecule has 12 heavy (non-hydrogen) atoms. The lowest BCUT2D eigenvalue weighted by Gasteiger charge is -2.27. The van der Waals surface area contributed by atoms with Crippen molar-refractivity contribution in [3.05, 3.63) is 0 Å². The van der Waals surface area contributed by atoms with Crippen molar-refractivity contribution in [2.45, 2.75) is 52.1 Å². The molecule has 0 aromatic heterocycles. The van der Waals surface area contributed by atoms with Gasteiger partial charge in [0.2, 0.25) is 0 Å². The first-order valence-electron chi connectivity index (χ1n) is 5.02. The molecule has 0 amide bonds. The summed E-state index contributed by atoms with van der Waals surface area (Å²) in [7, 11) is 0. The Labute approximate surface area is 76.5 Å². The molecule has 0 heterocycles. The molecule has 0 aliphatic heterocycles. The average Bonchev–Trinajstić information content (AvgIpc) is 2.12. The Morgan fingerprint density at radius 3 is 2.17 bits per heavy atom. The zero-order valence-corrected chi connectivity index (χ0v) is 8.73. The van der Waals surface area contributed by atoms with E-state index in [-0.39, 0.29) is 5.60 Å². The lowest BCUT2D eigenvalue weighted by atomic mass is 10.0. The van der Waals surface area contributed by atoms with Gasteiger partial charge in [0.1, 0.15) is 0 Å².